The van der Waals surface area contributed by atoms with Crippen LogP contribution < -0.4 is 5.32 Å². The Morgan fingerprint density at radius 3 is 2.56 bits per heavy atom. The van der Waals surface area contributed by atoms with E-state index in [9.17, 15) is 10.1 Å². The zero-order valence-corrected chi connectivity index (χ0v) is 13.9. The van der Waals surface area contributed by atoms with Gasteiger partial charge in [0.25, 0.3) is 5.69 Å². The van der Waals surface area contributed by atoms with Gasteiger partial charge in [-0.2, -0.15) is 0 Å². The lowest BCUT2D eigenvalue weighted by atomic mass is 10.1. The number of nitrogens with zero attached hydrogens (tertiary/aromatic N) is 4. The molecule has 0 aliphatic rings. The number of non-ortho nitro benzene ring substituents is 1. The number of pyridine rings is 1. The Hall–Kier alpha value is -3.35. The molecule has 0 atom stereocenters. The topological polar surface area (TPSA) is 93.8 Å². The maximum Gasteiger partial charge on any atom is 0.269 e. The summed E-state index contributed by atoms with van der Waals surface area (Å²) in [6.07, 6.45) is 3.59. The fourth-order valence-electron chi connectivity index (χ4n) is 2.41. The van der Waals surface area contributed by atoms with Gasteiger partial charge in [-0.3, -0.25) is 15.1 Å². The van der Waals surface area contributed by atoms with E-state index < -0.39 is 4.92 Å². The SMILES string of the molecule is Cc1cc(NCc2ccncc2C)nc(-c2ccc([N+](=O)[O-])cc2)n1. The lowest BCUT2D eigenvalue weighted by Crippen LogP contribution is -2.05. The van der Waals surface area contributed by atoms with Gasteiger partial charge in [0, 0.05) is 48.4 Å². The molecule has 3 aromatic rings. The van der Waals surface area contributed by atoms with E-state index in [1.807, 2.05) is 32.2 Å². The number of aromatic nitrogens is 3. The quantitative estimate of drug-likeness (QED) is 0.565. The van der Waals surface area contributed by atoms with Crippen LogP contribution in [0.15, 0.2) is 48.8 Å². The third-order valence-corrected chi connectivity index (χ3v) is 3.79. The molecule has 7 nitrogen and oxygen atoms in total. The van der Waals surface area contributed by atoms with Crippen LogP contribution in [0.2, 0.25) is 0 Å². The van der Waals surface area contributed by atoms with Crippen LogP contribution in [0, 0.1) is 24.0 Å². The van der Waals surface area contributed by atoms with Crippen molar-refractivity contribution in [1.82, 2.24) is 15.0 Å². The van der Waals surface area contributed by atoms with Crippen molar-refractivity contribution >= 4 is 11.5 Å². The van der Waals surface area contributed by atoms with Crippen LogP contribution in [0.25, 0.3) is 11.4 Å². The van der Waals surface area contributed by atoms with E-state index in [-0.39, 0.29) is 5.69 Å². The minimum atomic E-state index is -0.426. The molecule has 3 rings (SSSR count). The molecule has 2 heterocycles. The van der Waals surface area contributed by atoms with Crippen molar-refractivity contribution in [2.45, 2.75) is 20.4 Å². The molecular formula is C18H17N5O2. The lowest BCUT2D eigenvalue weighted by molar-refractivity contribution is -0.384. The van der Waals surface area contributed by atoms with Crippen LogP contribution in [0.5, 0.6) is 0 Å². The zero-order chi connectivity index (χ0) is 17.8. The Balaban J connectivity index is 1.83. The molecule has 0 aliphatic heterocycles. The van der Waals surface area contributed by atoms with Crippen molar-refractivity contribution in [2.75, 3.05) is 5.32 Å². The first-order valence-corrected chi connectivity index (χ1v) is 7.77. The Labute approximate surface area is 145 Å². The summed E-state index contributed by atoms with van der Waals surface area (Å²) in [6.45, 7) is 4.53. The number of nitrogens with one attached hydrogen (secondary N) is 1. The highest BCUT2D eigenvalue weighted by Gasteiger charge is 2.09. The molecular weight excluding hydrogens is 318 g/mol. The first-order valence-electron chi connectivity index (χ1n) is 7.77. The van der Waals surface area contributed by atoms with Gasteiger partial charge in [-0.15, -0.1) is 0 Å². The third kappa shape index (κ3) is 3.95. The molecule has 126 valence electrons. The monoisotopic (exact) mass is 335 g/mol. The highest BCUT2D eigenvalue weighted by molar-refractivity contribution is 5.59. The number of hydrogen-bond acceptors (Lipinski definition) is 6. The van der Waals surface area contributed by atoms with Gasteiger partial charge in [-0.1, -0.05) is 0 Å². The second kappa shape index (κ2) is 7.04. The molecule has 0 fully saturated rings. The van der Waals surface area contributed by atoms with Crippen LogP contribution in [-0.2, 0) is 6.54 Å². The molecule has 1 aromatic carbocycles. The van der Waals surface area contributed by atoms with Crippen LogP contribution in [0.4, 0.5) is 11.5 Å². The number of nitro benzene ring substituents is 1. The average molecular weight is 335 g/mol. The largest absolute Gasteiger partial charge is 0.366 e. The van der Waals surface area contributed by atoms with Gasteiger partial charge in [-0.05, 0) is 43.2 Å². The van der Waals surface area contributed by atoms with Gasteiger partial charge in [0.05, 0.1) is 4.92 Å². The van der Waals surface area contributed by atoms with Crippen molar-refractivity contribution in [3.8, 4) is 11.4 Å². The van der Waals surface area contributed by atoms with Gasteiger partial charge >= 0.3 is 0 Å². The van der Waals surface area contributed by atoms with E-state index in [4.69, 9.17) is 0 Å². The molecule has 7 heteroatoms. The predicted molar refractivity (Wildman–Crippen MR) is 95.2 cm³/mol. The van der Waals surface area contributed by atoms with E-state index in [1.165, 1.54) is 12.1 Å². The van der Waals surface area contributed by atoms with Gasteiger partial charge in [-0.25, -0.2) is 9.97 Å². The first kappa shape index (κ1) is 16.5. The van der Waals surface area contributed by atoms with E-state index in [0.29, 0.717) is 18.2 Å². The van der Waals surface area contributed by atoms with Crippen molar-refractivity contribution in [1.29, 1.82) is 0 Å². The first-order chi connectivity index (χ1) is 12.0. The summed E-state index contributed by atoms with van der Waals surface area (Å²) in [5.41, 5.74) is 3.84. The Kier molecular flexibility index (Phi) is 4.65. The molecule has 0 amide bonds. The van der Waals surface area contributed by atoms with Crippen LogP contribution in [0.1, 0.15) is 16.8 Å². The highest BCUT2D eigenvalue weighted by Crippen LogP contribution is 2.21. The van der Waals surface area contributed by atoms with Crippen molar-refractivity contribution in [3.63, 3.8) is 0 Å². The summed E-state index contributed by atoms with van der Waals surface area (Å²) in [6, 6.07) is 10.1. The third-order valence-electron chi connectivity index (χ3n) is 3.79. The molecule has 0 saturated heterocycles. The second-order valence-electron chi connectivity index (χ2n) is 5.68. The van der Waals surface area contributed by atoms with E-state index in [2.05, 4.69) is 20.3 Å². The fraction of sp³-hybridized carbons (Fsp3) is 0.167. The summed E-state index contributed by atoms with van der Waals surface area (Å²) >= 11 is 0. The molecule has 0 bridgehead atoms. The highest BCUT2D eigenvalue weighted by atomic mass is 16.6. The standard InChI is InChI=1S/C18H17N5O2/c1-12-10-19-8-7-15(12)11-20-17-9-13(2)21-18(22-17)14-3-5-16(6-4-14)23(24)25/h3-10H,11H2,1-2H3,(H,20,21,22). The molecule has 0 unspecified atom stereocenters. The van der Waals surface area contributed by atoms with Gasteiger partial charge in [0.15, 0.2) is 5.82 Å². The summed E-state index contributed by atoms with van der Waals surface area (Å²) in [7, 11) is 0. The predicted octanol–water partition coefficient (Wildman–Crippen LogP) is 3.68. The summed E-state index contributed by atoms with van der Waals surface area (Å²) in [5.74, 6) is 1.24. The molecule has 0 spiro atoms. The number of nitro groups is 1. The van der Waals surface area contributed by atoms with E-state index in [1.54, 1.807) is 18.3 Å². The zero-order valence-electron chi connectivity index (χ0n) is 13.9. The van der Waals surface area contributed by atoms with Crippen LogP contribution in [0.3, 0.4) is 0 Å². The molecule has 0 aliphatic carbocycles. The minimum Gasteiger partial charge on any atom is -0.366 e. The molecule has 2 aromatic heterocycles. The smallest absolute Gasteiger partial charge is 0.269 e. The average Bonchev–Trinajstić information content (AvgIpc) is 2.60. The van der Waals surface area contributed by atoms with Gasteiger partial charge in [0.1, 0.15) is 5.82 Å². The van der Waals surface area contributed by atoms with Gasteiger partial charge in [0.2, 0.25) is 0 Å². The number of aryl methyl sites for hydroxylation is 2. The maximum atomic E-state index is 10.8. The van der Waals surface area contributed by atoms with E-state index >= 15 is 0 Å². The number of rotatable bonds is 5. The Morgan fingerprint density at radius 2 is 1.88 bits per heavy atom. The number of hydrogen-bond donors (Lipinski definition) is 1. The summed E-state index contributed by atoms with van der Waals surface area (Å²) < 4.78 is 0. The van der Waals surface area contributed by atoms with Crippen molar-refractivity contribution in [3.05, 3.63) is 75.7 Å². The lowest BCUT2D eigenvalue weighted by Gasteiger charge is -2.10. The molecule has 0 radical (unpaired) electrons. The Morgan fingerprint density at radius 1 is 1.12 bits per heavy atom. The normalized spacial score (nSPS) is 10.5. The summed E-state index contributed by atoms with van der Waals surface area (Å²) in [5, 5.41) is 14.1. The Bertz CT molecular complexity index is 910. The fourth-order valence-corrected chi connectivity index (χ4v) is 2.41. The van der Waals surface area contributed by atoms with Crippen LogP contribution in [-0.4, -0.2) is 19.9 Å². The maximum absolute atomic E-state index is 10.8. The molecule has 0 saturated carbocycles. The van der Waals surface area contributed by atoms with Crippen LogP contribution >= 0.6 is 0 Å². The van der Waals surface area contributed by atoms with Gasteiger partial charge < -0.3 is 5.32 Å². The second-order valence-corrected chi connectivity index (χ2v) is 5.68. The number of anilines is 1. The summed E-state index contributed by atoms with van der Waals surface area (Å²) in [4.78, 5) is 23.4. The molecule has 1 N–H and O–H groups in total. The van der Waals surface area contributed by atoms with Crippen molar-refractivity contribution in [2.24, 2.45) is 0 Å². The van der Waals surface area contributed by atoms with Crippen molar-refractivity contribution < 1.29 is 4.92 Å². The molecule has 25 heavy (non-hydrogen) atoms. The number of benzene rings is 1. The van der Waals surface area contributed by atoms with E-state index in [0.717, 1.165) is 22.4 Å². The minimum absolute atomic E-state index is 0.0444.